The first-order chi connectivity index (χ1) is 7.06. The van der Waals surface area contributed by atoms with Gasteiger partial charge in [-0.1, -0.05) is 0 Å². The molecule has 2 amide bonds. The molecule has 2 N–H and O–H groups in total. The first-order valence-electron chi connectivity index (χ1n) is 5.30. The van der Waals surface area contributed by atoms with Crippen molar-refractivity contribution in [3.63, 3.8) is 0 Å². The number of hydrogen-bond donors (Lipinski definition) is 2. The van der Waals surface area contributed by atoms with Gasteiger partial charge in [0, 0.05) is 12.6 Å². The summed E-state index contributed by atoms with van der Waals surface area (Å²) in [4.78, 5) is 24.9. The Morgan fingerprint density at radius 1 is 1.60 bits per heavy atom. The number of amides is 2. The largest absolute Gasteiger partial charge is 0.343 e. The number of likely N-dealkylation sites (N-methyl/N-ethyl adjacent to an activating group) is 1. The Balaban J connectivity index is 2.46. The lowest BCUT2D eigenvalue weighted by Crippen LogP contribution is -2.45. The van der Waals surface area contributed by atoms with Crippen molar-refractivity contribution < 1.29 is 9.59 Å². The predicted octanol–water partition coefficient (Wildman–Crippen LogP) is -0.669. The molecule has 5 heteroatoms. The molecule has 0 spiro atoms. The number of nitrogens with one attached hydrogen (secondary N) is 2. The van der Waals surface area contributed by atoms with Crippen molar-refractivity contribution in [2.45, 2.75) is 32.4 Å². The van der Waals surface area contributed by atoms with Gasteiger partial charge in [-0.2, -0.15) is 0 Å². The molecule has 1 atom stereocenters. The molecule has 0 bridgehead atoms. The van der Waals surface area contributed by atoms with Crippen molar-refractivity contribution in [2.24, 2.45) is 0 Å². The maximum Gasteiger partial charge on any atom is 0.245 e. The minimum absolute atomic E-state index is 0.0365. The lowest BCUT2D eigenvalue weighted by Gasteiger charge is -2.21. The van der Waals surface area contributed by atoms with Crippen LogP contribution in [0.1, 0.15) is 20.3 Å². The molecule has 1 saturated heterocycles. The number of rotatable bonds is 4. The van der Waals surface area contributed by atoms with Gasteiger partial charge in [-0.3, -0.25) is 9.59 Å². The molecule has 0 aromatic heterocycles. The Morgan fingerprint density at radius 2 is 2.27 bits per heavy atom. The number of carbonyl (C=O) groups is 2. The fourth-order valence-corrected chi connectivity index (χ4v) is 1.75. The molecule has 1 unspecified atom stereocenters. The van der Waals surface area contributed by atoms with Crippen molar-refractivity contribution in [2.75, 3.05) is 20.1 Å². The predicted molar refractivity (Wildman–Crippen MR) is 57.3 cm³/mol. The zero-order chi connectivity index (χ0) is 11.4. The van der Waals surface area contributed by atoms with Gasteiger partial charge in [0.2, 0.25) is 11.8 Å². The smallest absolute Gasteiger partial charge is 0.245 e. The van der Waals surface area contributed by atoms with Gasteiger partial charge in [-0.25, -0.2) is 0 Å². The van der Waals surface area contributed by atoms with Crippen LogP contribution in [-0.2, 0) is 9.59 Å². The standard InChI is InChI=1S/C10H19N3O2/c1-7(2)13-5-4-8(10(13)15)12-9(14)6-11-3/h7-8,11H,4-6H2,1-3H3,(H,12,14). The second kappa shape index (κ2) is 5.11. The molecule has 86 valence electrons. The second-order valence-electron chi connectivity index (χ2n) is 4.06. The molecule has 0 radical (unpaired) electrons. The van der Waals surface area contributed by atoms with E-state index in [2.05, 4.69) is 10.6 Å². The third-order valence-corrected chi connectivity index (χ3v) is 2.54. The first kappa shape index (κ1) is 12.0. The number of nitrogens with zero attached hydrogens (tertiary/aromatic N) is 1. The zero-order valence-electron chi connectivity index (χ0n) is 9.54. The van der Waals surface area contributed by atoms with E-state index in [1.54, 1.807) is 11.9 Å². The highest BCUT2D eigenvalue weighted by atomic mass is 16.2. The monoisotopic (exact) mass is 213 g/mol. The highest BCUT2D eigenvalue weighted by molar-refractivity contribution is 5.89. The van der Waals surface area contributed by atoms with E-state index >= 15 is 0 Å². The van der Waals surface area contributed by atoms with Crippen molar-refractivity contribution >= 4 is 11.8 Å². The third kappa shape index (κ3) is 2.92. The van der Waals surface area contributed by atoms with Crippen molar-refractivity contribution in [3.05, 3.63) is 0 Å². The zero-order valence-corrected chi connectivity index (χ0v) is 9.54. The van der Waals surface area contributed by atoms with Crippen LogP contribution >= 0.6 is 0 Å². The molecule has 1 heterocycles. The Morgan fingerprint density at radius 3 is 2.73 bits per heavy atom. The maximum atomic E-state index is 11.8. The Bertz CT molecular complexity index is 253. The summed E-state index contributed by atoms with van der Waals surface area (Å²) in [7, 11) is 1.70. The van der Waals surface area contributed by atoms with Crippen molar-refractivity contribution in [1.82, 2.24) is 15.5 Å². The molecule has 0 aromatic carbocycles. The summed E-state index contributed by atoms with van der Waals surface area (Å²) >= 11 is 0. The lowest BCUT2D eigenvalue weighted by atomic mass is 10.2. The van der Waals surface area contributed by atoms with Gasteiger partial charge >= 0.3 is 0 Å². The molecule has 0 aliphatic carbocycles. The highest BCUT2D eigenvalue weighted by Crippen LogP contribution is 2.13. The molecule has 15 heavy (non-hydrogen) atoms. The van der Waals surface area contributed by atoms with Gasteiger partial charge in [0.1, 0.15) is 6.04 Å². The third-order valence-electron chi connectivity index (χ3n) is 2.54. The summed E-state index contributed by atoms with van der Waals surface area (Å²) in [6.07, 6.45) is 0.715. The summed E-state index contributed by atoms with van der Waals surface area (Å²) in [6.45, 7) is 4.96. The lowest BCUT2D eigenvalue weighted by molar-refractivity contribution is -0.133. The molecule has 5 nitrogen and oxygen atoms in total. The molecule has 0 saturated carbocycles. The van der Waals surface area contributed by atoms with E-state index in [9.17, 15) is 9.59 Å². The average molecular weight is 213 g/mol. The van der Waals surface area contributed by atoms with Crippen LogP contribution in [0.2, 0.25) is 0 Å². The van der Waals surface area contributed by atoms with E-state index in [1.165, 1.54) is 0 Å². The molecular weight excluding hydrogens is 194 g/mol. The number of hydrogen-bond acceptors (Lipinski definition) is 3. The van der Waals surface area contributed by atoms with Gasteiger partial charge in [0.25, 0.3) is 0 Å². The summed E-state index contributed by atoms with van der Waals surface area (Å²) in [6, 6.07) is -0.114. The van der Waals surface area contributed by atoms with Crippen LogP contribution in [0, 0.1) is 0 Å². The van der Waals surface area contributed by atoms with Crippen LogP contribution in [0.4, 0.5) is 0 Å². The van der Waals surface area contributed by atoms with Crippen LogP contribution in [-0.4, -0.2) is 48.9 Å². The van der Waals surface area contributed by atoms with Gasteiger partial charge in [0.05, 0.1) is 6.54 Å². The molecular formula is C10H19N3O2. The molecule has 1 aliphatic rings. The normalized spacial score (nSPS) is 21.2. The minimum atomic E-state index is -0.326. The quantitative estimate of drug-likeness (QED) is 0.651. The Kier molecular flexibility index (Phi) is 4.08. The number of likely N-dealkylation sites (tertiary alicyclic amines) is 1. The van der Waals surface area contributed by atoms with E-state index in [4.69, 9.17) is 0 Å². The number of carbonyl (C=O) groups excluding carboxylic acids is 2. The molecule has 1 aliphatic heterocycles. The topological polar surface area (TPSA) is 61.4 Å². The van der Waals surface area contributed by atoms with E-state index in [-0.39, 0.29) is 30.4 Å². The van der Waals surface area contributed by atoms with Gasteiger partial charge in [-0.15, -0.1) is 0 Å². The van der Waals surface area contributed by atoms with Crippen molar-refractivity contribution in [3.8, 4) is 0 Å². The summed E-state index contributed by atoms with van der Waals surface area (Å²) in [5.41, 5.74) is 0. The summed E-state index contributed by atoms with van der Waals surface area (Å²) < 4.78 is 0. The average Bonchev–Trinajstić information content (AvgIpc) is 2.48. The van der Waals surface area contributed by atoms with E-state index in [1.807, 2.05) is 13.8 Å². The van der Waals surface area contributed by atoms with Crippen LogP contribution in [0.5, 0.6) is 0 Å². The first-order valence-corrected chi connectivity index (χ1v) is 5.30. The van der Waals surface area contributed by atoms with Crippen LogP contribution < -0.4 is 10.6 Å². The van der Waals surface area contributed by atoms with Crippen molar-refractivity contribution in [1.29, 1.82) is 0 Å². The molecule has 1 rings (SSSR count). The fraction of sp³-hybridized carbons (Fsp3) is 0.800. The SMILES string of the molecule is CNCC(=O)NC1CCN(C(C)C)C1=O. The summed E-state index contributed by atoms with van der Waals surface area (Å²) in [5, 5.41) is 5.48. The summed E-state index contributed by atoms with van der Waals surface area (Å²) in [5.74, 6) is -0.0871. The highest BCUT2D eigenvalue weighted by Gasteiger charge is 2.33. The van der Waals surface area contributed by atoms with Gasteiger partial charge < -0.3 is 15.5 Å². The van der Waals surface area contributed by atoms with E-state index in [0.29, 0.717) is 6.42 Å². The van der Waals surface area contributed by atoms with Crippen LogP contribution in [0.15, 0.2) is 0 Å². The fourth-order valence-electron chi connectivity index (χ4n) is 1.75. The van der Waals surface area contributed by atoms with Gasteiger partial charge in [-0.05, 0) is 27.3 Å². The van der Waals surface area contributed by atoms with Crippen LogP contribution in [0.3, 0.4) is 0 Å². The Labute approximate surface area is 90.2 Å². The van der Waals surface area contributed by atoms with E-state index < -0.39 is 0 Å². The maximum absolute atomic E-state index is 11.8. The van der Waals surface area contributed by atoms with Gasteiger partial charge in [0.15, 0.2) is 0 Å². The Hall–Kier alpha value is -1.10. The molecule has 1 fully saturated rings. The van der Waals surface area contributed by atoms with Crippen LogP contribution in [0.25, 0.3) is 0 Å². The second-order valence-corrected chi connectivity index (χ2v) is 4.06. The molecule has 0 aromatic rings. The van der Waals surface area contributed by atoms with E-state index in [0.717, 1.165) is 6.54 Å². The minimum Gasteiger partial charge on any atom is -0.343 e.